The van der Waals surface area contributed by atoms with Crippen LogP contribution < -0.4 is 0 Å². The molecule has 0 bridgehead atoms. The van der Waals surface area contributed by atoms with E-state index in [1.807, 2.05) is 13.8 Å². The number of carbonyl (C=O) groups excluding carboxylic acids is 4. The van der Waals surface area contributed by atoms with E-state index in [9.17, 15) is 19.2 Å². The number of benzene rings is 2. The van der Waals surface area contributed by atoms with Crippen molar-refractivity contribution in [1.82, 2.24) is 4.90 Å². The zero-order valence-corrected chi connectivity index (χ0v) is 18.9. The Morgan fingerprint density at radius 3 is 1.94 bits per heavy atom. The molecule has 0 spiro atoms. The number of ketones is 1. The van der Waals surface area contributed by atoms with Crippen LogP contribution in [0.15, 0.2) is 36.4 Å². The van der Waals surface area contributed by atoms with Crippen LogP contribution >= 0.6 is 34.8 Å². The summed E-state index contributed by atoms with van der Waals surface area (Å²) in [5, 5.41) is 0.719. The van der Waals surface area contributed by atoms with Gasteiger partial charge in [0.2, 0.25) is 0 Å². The first-order valence-electron chi connectivity index (χ1n) is 9.42. The van der Waals surface area contributed by atoms with Crippen molar-refractivity contribution in [3.63, 3.8) is 0 Å². The maximum absolute atomic E-state index is 12.9. The fraction of sp³-hybridized carbons (Fsp3) is 0.273. The molecule has 0 aromatic heterocycles. The van der Waals surface area contributed by atoms with E-state index >= 15 is 0 Å². The van der Waals surface area contributed by atoms with Crippen molar-refractivity contribution >= 4 is 58.4 Å². The van der Waals surface area contributed by atoms with E-state index in [-0.39, 0.29) is 33.5 Å². The molecule has 1 aliphatic heterocycles. The normalized spacial score (nSPS) is 14.1. The van der Waals surface area contributed by atoms with Gasteiger partial charge in [-0.05, 0) is 48.7 Å². The molecule has 2 aromatic carbocycles. The van der Waals surface area contributed by atoms with Gasteiger partial charge in [-0.25, -0.2) is 4.79 Å². The molecule has 0 aliphatic carbocycles. The van der Waals surface area contributed by atoms with Gasteiger partial charge in [-0.1, -0.05) is 48.7 Å². The molecule has 0 unspecified atom stereocenters. The fourth-order valence-electron chi connectivity index (χ4n) is 3.24. The lowest BCUT2D eigenvalue weighted by molar-refractivity contribution is -0.147. The van der Waals surface area contributed by atoms with Gasteiger partial charge < -0.3 is 4.74 Å². The van der Waals surface area contributed by atoms with Gasteiger partial charge >= 0.3 is 5.97 Å². The summed E-state index contributed by atoms with van der Waals surface area (Å²) in [6.45, 7) is 3.14. The molecular formula is C22H18Cl3NO5. The maximum Gasteiger partial charge on any atom is 0.329 e. The zero-order chi connectivity index (χ0) is 22.9. The Balaban J connectivity index is 1.80. The van der Waals surface area contributed by atoms with Crippen LogP contribution in [0.1, 0.15) is 51.3 Å². The van der Waals surface area contributed by atoms with Gasteiger partial charge in [0.15, 0.2) is 12.4 Å². The molecule has 1 heterocycles. The summed E-state index contributed by atoms with van der Waals surface area (Å²) in [6, 6.07) is 7.55. The molecule has 1 atom stereocenters. The van der Waals surface area contributed by atoms with Crippen molar-refractivity contribution in [3.8, 4) is 0 Å². The predicted molar refractivity (Wildman–Crippen MR) is 117 cm³/mol. The zero-order valence-electron chi connectivity index (χ0n) is 16.7. The number of amides is 2. The largest absolute Gasteiger partial charge is 0.456 e. The molecule has 9 heteroatoms. The molecule has 0 N–H and O–H groups in total. The molecule has 162 valence electrons. The SMILES string of the molecule is CC(C)C[C@@H](C(=O)OCC(=O)c1ccc(Cl)cc1)N1C(=O)c2cc(Cl)c(Cl)cc2C1=O. The van der Waals surface area contributed by atoms with Crippen molar-refractivity contribution < 1.29 is 23.9 Å². The third-order valence-corrected chi connectivity index (χ3v) is 5.72. The number of rotatable bonds is 7. The summed E-state index contributed by atoms with van der Waals surface area (Å²) in [5.41, 5.74) is 0.457. The van der Waals surface area contributed by atoms with E-state index in [0.717, 1.165) is 4.90 Å². The van der Waals surface area contributed by atoms with Crippen molar-refractivity contribution in [1.29, 1.82) is 0 Å². The smallest absolute Gasteiger partial charge is 0.329 e. The van der Waals surface area contributed by atoms with Gasteiger partial charge in [-0.2, -0.15) is 0 Å². The molecule has 0 saturated carbocycles. The van der Waals surface area contributed by atoms with Crippen LogP contribution in [0.4, 0.5) is 0 Å². The van der Waals surface area contributed by atoms with E-state index in [1.54, 1.807) is 12.1 Å². The first-order chi connectivity index (χ1) is 14.6. The molecular weight excluding hydrogens is 465 g/mol. The third kappa shape index (κ3) is 4.92. The number of halogens is 3. The van der Waals surface area contributed by atoms with Crippen LogP contribution in [-0.4, -0.2) is 41.1 Å². The second kappa shape index (κ2) is 9.39. The Morgan fingerprint density at radius 1 is 0.935 bits per heavy atom. The molecule has 0 radical (unpaired) electrons. The van der Waals surface area contributed by atoms with Crippen LogP contribution in [0.25, 0.3) is 0 Å². The van der Waals surface area contributed by atoms with Gasteiger partial charge in [0.25, 0.3) is 11.8 Å². The number of nitrogens with zero attached hydrogens (tertiary/aromatic N) is 1. The summed E-state index contributed by atoms with van der Waals surface area (Å²) in [7, 11) is 0. The van der Waals surface area contributed by atoms with Crippen LogP contribution in [0.2, 0.25) is 15.1 Å². The Bertz CT molecular complexity index is 1020. The van der Waals surface area contributed by atoms with Gasteiger partial charge in [0, 0.05) is 10.6 Å². The number of Topliss-reactive ketones (excluding diaryl/α,β-unsaturated/α-hetero) is 1. The van der Waals surface area contributed by atoms with Crippen LogP contribution in [0, 0.1) is 5.92 Å². The highest BCUT2D eigenvalue weighted by Gasteiger charge is 2.44. The number of ether oxygens (including phenoxy) is 1. The highest BCUT2D eigenvalue weighted by Crippen LogP contribution is 2.33. The standard InChI is InChI=1S/C22H18Cl3NO5/c1-11(2)7-18(22(30)31-10-19(27)12-3-5-13(23)6-4-12)26-20(28)14-8-16(24)17(25)9-15(14)21(26)29/h3-6,8-9,11,18H,7,10H2,1-2H3/t18-/m0/s1. The van der Waals surface area contributed by atoms with Crippen molar-refractivity contribution in [2.24, 2.45) is 5.92 Å². The summed E-state index contributed by atoms with van der Waals surface area (Å²) in [4.78, 5) is 51.8. The maximum atomic E-state index is 12.9. The quantitative estimate of drug-likeness (QED) is 0.312. The number of carbonyl (C=O) groups is 4. The number of hydrogen-bond acceptors (Lipinski definition) is 5. The van der Waals surface area contributed by atoms with E-state index in [4.69, 9.17) is 39.5 Å². The van der Waals surface area contributed by atoms with Gasteiger partial charge in [0.1, 0.15) is 6.04 Å². The Morgan fingerprint density at radius 2 is 1.45 bits per heavy atom. The number of imide groups is 1. The molecule has 1 aliphatic rings. The van der Waals surface area contributed by atoms with Gasteiger partial charge in [0.05, 0.1) is 21.2 Å². The molecule has 0 saturated heterocycles. The lowest BCUT2D eigenvalue weighted by atomic mass is 10.0. The Hall–Kier alpha value is -2.41. The second-order valence-corrected chi connectivity index (χ2v) is 8.73. The van der Waals surface area contributed by atoms with Crippen LogP contribution in [0.3, 0.4) is 0 Å². The van der Waals surface area contributed by atoms with E-state index < -0.39 is 36.2 Å². The molecule has 0 fully saturated rings. The minimum Gasteiger partial charge on any atom is -0.456 e. The lowest BCUT2D eigenvalue weighted by Gasteiger charge is -2.25. The lowest BCUT2D eigenvalue weighted by Crippen LogP contribution is -2.46. The van der Waals surface area contributed by atoms with Crippen LogP contribution in [-0.2, 0) is 9.53 Å². The fourth-order valence-corrected chi connectivity index (χ4v) is 3.69. The third-order valence-electron chi connectivity index (χ3n) is 4.75. The topological polar surface area (TPSA) is 80.8 Å². The number of esters is 1. The first-order valence-corrected chi connectivity index (χ1v) is 10.6. The second-order valence-electron chi connectivity index (χ2n) is 7.48. The summed E-state index contributed by atoms with van der Waals surface area (Å²) < 4.78 is 5.19. The Kier molecular flexibility index (Phi) is 7.04. The predicted octanol–water partition coefficient (Wildman–Crippen LogP) is 5.08. The van der Waals surface area contributed by atoms with E-state index in [0.29, 0.717) is 10.6 Å². The number of fused-ring (bicyclic) bond motifs is 1. The average molecular weight is 483 g/mol. The van der Waals surface area contributed by atoms with Gasteiger partial charge in [-0.15, -0.1) is 0 Å². The van der Waals surface area contributed by atoms with E-state index in [2.05, 4.69) is 0 Å². The minimum atomic E-state index is -1.19. The molecule has 3 rings (SSSR count). The molecule has 2 amide bonds. The van der Waals surface area contributed by atoms with Gasteiger partial charge in [-0.3, -0.25) is 19.3 Å². The Labute approximate surface area is 194 Å². The van der Waals surface area contributed by atoms with Crippen molar-refractivity contribution in [3.05, 3.63) is 68.2 Å². The highest BCUT2D eigenvalue weighted by atomic mass is 35.5. The van der Waals surface area contributed by atoms with Crippen LogP contribution in [0.5, 0.6) is 0 Å². The first kappa shape index (κ1) is 23.3. The summed E-state index contributed by atoms with van der Waals surface area (Å²) in [6.07, 6.45) is 0.168. The van der Waals surface area contributed by atoms with E-state index in [1.165, 1.54) is 24.3 Å². The monoisotopic (exact) mass is 481 g/mol. The average Bonchev–Trinajstić information content (AvgIpc) is 2.94. The molecule has 2 aromatic rings. The minimum absolute atomic E-state index is 0.0407. The summed E-state index contributed by atoms with van der Waals surface area (Å²) in [5.74, 6) is -2.65. The molecule has 6 nitrogen and oxygen atoms in total. The summed E-state index contributed by atoms with van der Waals surface area (Å²) >= 11 is 17.8. The number of hydrogen-bond donors (Lipinski definition) is 0. The van der Waals surface area contributed by atoms with Crippen molar-refractivity contribution in [2.45, 2.75) is 26.3 Å². The molecule has 31 heavy (non-hydrogen) atoms. The highest BCUT2D eigenvalue weighted by molar-refractivity contribution is 6.43. The van der Waals surface area contributed by atoms with Crippen molar-refractivity contribution in [2.75, 3.05) is 6.61 Å².